The zero-order chi connectivity index (χ0) is 16.8. The summed E-state index contributed by atoms with van der Waals surface area (Å²) in [6.07, 6.45) is 5.22. The third kappa shape index (κ3) is 2.64. The van der Waals surface area contributed by atoms with Crippen LogP contribution in [0.4, 0.5) is 11.5 Å². The van der Waals surface area contributed by atoms with Gasteiger partial charge in [0.2, 0.25) is 5.91 Å². The molecule has 1 amide bonds. The van der Waals surface area contributed by atoms with Crippen molar-refractivity contribution in [1.82, 2.24) is 4.98 Å². The Bertz CT molecular complexity index is 780. The van der Waals surface area contributed by atoms with Crippen LogP contribution in [0.15, 0.2) is 30.5 Å². The molecule has 4 rings (SSSR count). The first kappa shape index (κ1) is 15.4. The van der Waals surface area contributed by atoms with Gasteiger partial charge in [0.25, 0.3) is 0 Å². The Morgan fingerprint density at radius 3 is 2.67 bits per heavy atom. The van der Waals surface area contributed by atoms with Gasteiger partial charge in [-0.25, -0.2) is 4.98 Å². The first-order valence-electron chi connectivity index (χ1n) is 9.06. The molecule has 1 aromatic heterocycles. The summed E-state index contributed by atoms with van der Waals surface area (Å²) in [5.74, 6) is 1.53. The van der Waals surface area contributed by atoms with E-state index in [1.807, 2.05) is 12.3 Å². The summed E-state index contributed by atoms with van der Waals surface area (Å²) >= 11 is 0. The van der Waals surface area contributed by atoms with Gasteiger partial charge >= 0.3 is 0 Å². The SMILES string of the molecule is CCC1CC1C(=O)Nc1cc2ccc(N3C(C)CC3C)cc2cn1. The van der Waals surface area contributed by atoms with Crippen molar-refractivity contribution in [2.75, 3.05) is 10.2 Å². The molecular formula is C20H25N3O. The summed E-state index contributed by atoms with van der Waals surface area (Å²) in [5.41, 5.74) is 1.26. The number of pyridine rings is 1. The molecule has 2 aromatic rings. The Kier molecular flexibility index (Phi) is 3.70. The quantitative estimate of drug-likeness (QED) is 0.917. The van der Waals surface area contributed by atoms with Crippen molar-refractivity contribution in [1.29, 1.82) is 0 Å². The summed E-state index contributed by atoms with van der Waals surface area (Å²) in [4.78, 5) is 19.1. The molecule has 1 aliphatic carbocycles. The van der Waals surface area contributed by atoms with Crippen LogP contribution in [0.2, 0.25) is 0 Å². The fraction of sp³-hybridized carbons (Fsp3) is 0.500. The number of fused-ring (bicyclic) bond motifs is 1. The Labute approximate surface area is 143 Å². The van der Waals surface area contributed by atoms with Gasteiger partial charge in [0.05, 0.1) is 0 Å². The van der Waals surface area contributed by atoms with Crippen molar-refractivity contribution in [2.24, 2.45) is 11.8 Å². The van der Waals surface area contributed by atoms with Gasteiger partial charge in [-0.3, -0.25) is 4.79 Å². The largest absolute Gasteiger partial charge is 0.366 e. The second kappa shape index (κ2) is 5.76. The average Bonchev–Trinajstić information content (AvgIpc) is 3.34. The summed E-state index contributed by atoms with van der Waals surface area (Å²) < 4.78 is 0. The van der Waals surface area contributed by atoms with Crippen LogP contribution < -0.4 is 10.2 Å². The number of benzene rings is 1. The van der Waals surface area contributed by atoms with E-state index in [2.05, 4.69) is 54.2 Å². The van der Waals surface area contributed by atoms with E-state index < -0.39 is 0 Å². The lowest BCUT2D eigenvalue weighted by Crippen LogP contribution is -2.53. The van der Waals surface area contributed by atoms with Crippen LogP contribution in [0.25, 0.3) is 10.8 Å². The molecule has 2 aliphatic rings. The van der Waals surface area contributed by atoms with Crippen molar-refractivity contribution >= 4 is 28.2 Å². The normalized spacial score (nSPS) is 28.5. The fourth-order valence-electron chi connectivity index (χ4n) is 4.12. The second-order valence-electron chi connectivity index (χ2n) is 7.44. The lowest BCUT2D eigenvalue weighted by molar-refractivity contribution is -0.117. The van der Waals surface area contributed by atoms with Gasteiger partial charge in [0.15, 0.2) is 0 Å². The molecule has 0 radical (unpaired) electrons. The van der Waals surface area contributed by atoms with E-state index in [0.717, 1.165) is 23.6 Å². The number of nitrogens with one attached hydrogen (secondary N) is 1. The maximum absolute atomic E-state index is 12.2. The Morgan fingerprint density at radius 1 is 1.21 bits per heavy atom. The van der Waals surface area contributed by atoms with E-state index in [1.165, 1.54) is 12.1 Å². The molecule has 24 heavy (non-hydrogen) atoms. The number of carbonyl (C=O) groups is 1. The van der Waals surface area contributed by atoms with Gasteiger partial charge < -0.3 is 10.2 Å². The smallest absolute Gasteiger partial charge is 0.228 e. The molecule has 1 saturated heterocycles. The van der Waals surface area contributed by atoms with E-state index in [1.54, 1.807) is 0 Å². The maximum atomic E-state index is 12.2. The number of rotatable bonds is 4. The van der Waals surface area contributed by atoms with Crippen LogP contribution in [0.3, 0.4) is 0 Å². The van der Waals surface area contributed by atoms with Crippen LogP contribution in [0, 0.1) is 11.8 Å². The number of anilines is 2. The Balaban J connectivity index is 1.53. The second-order valence-corrected chi connectivity index (χ2v) is 7.44. The highest BCUT2D eigenvalue weighted by Gasteiger charge is 2.41. The van der Waals surface area contributed by atoms with Crippen molar-refractivity contribution in [2.45, 2.75) is 52.1 Å². The van der Waals surface area contributed by atoms with Crippen LogP contribution in [-0.4, -0.2) is 23.0 Å². The fourth-order valence-corrected chi connectivity index (χ4v) is 4.12. The standard InChI is InChI=1S/C20H25N3O/c1-4-14-9-18(14)20(24)22-19-10-15-5-6-17(8-16(15)11-21-19)23-12(2)7-13(23)3/h5-6,8,10-14,18H,4,7,9H2,1-3H3,(H,21,22,24). The molecule has 0 spiro atoms. The average molecular weight is 323 g/mol. The summed E-state index contributed by atoms with van der Waals surface area (Å²) in [6, 6.07) is 9.69. The molecule has 4 atom stereocenters. The summed E-state index contributed by atoms with van der Waals surface area (Å²) in [7, 11) is 0. The van der Waals surface area contributed by atoms with E-state index in [4.69, 9.17) is 0 Å². The highest BCUT2D eigenvalue weighted by Crippen LogP contribution is 2.41. The molecule has 1 N–H and O–H groups in total. The van der Waals surface area contributed by atoms with Crippen molar-refractivity contribution in [3.8, 4) is 0 Å². The van der Waals surface area contributed by atoms with E-state index >= 15 is 0 Å². The minimum atomic E-state index is 0.119. The lowest BCUT2D eigenvalue weighted by Gasteiger charge is -2.47. The van der Waals surface area contributed by atoms with Gasteiger partial charge in [0, 0.05) is 35.3 Å². The van der Waals surface area contributed by atoms with Gasteiger partial charge in [-0.1, -0.05) is 19.4 Å². The predicted octanol–water partition coefficient (Wildman–Crippen LogP) is 4.21. The number of hydrogen-bond donors (Lipinski definition) is 1. The number of hydrogen-bond acceptors (Lipinski definition) is 3. The molecule has 4 heteroatoms. The van der Waals surface area contributed by atoms with Crippen molar-refractivity contribution in [3.63, 3.8) is 0 Å². The molecular weight excluding hydrogens is 298 g/mol. The van der Waals surface area contributed by atoms with Crippen LogP contribution in [-0.2, 0) is 4.79 Å². The third-order valence-corrected chi connectivity index (χ3v) is 5.67. The molecule has 1 aromatic carbocycles. The number of carbonyl (C=O) groups excluding carboxylic acids is 1. The van der Waals surface area contributed by atoms with Gasteiger partial charge in [0.1, 0.15) is 5.82 Å². The molecule has 1 saturated carbocycles. The highest BCUT2D eigenvalue weighted by molar-refractivity contribution is 5.96. The van der Waals surface area contributed by atoms with Crippen molar-refractivity contribution in [3.05, 3.63) is 30.5 Å². The van der Waals surface area contributed by atoms with E-state index in [9.17, 15) is 4.79 Å². The Hall–Kier alpha value is -2.10. The van der Waals surface area contributed by atoms with Crippen LogP contribution in [0.1, 0.15) is 40.0 Å². The molecule has 2 fully saturated rings. The topological polar surface area (TPSA) is 45.2 Å². The first-order valence-corrected chi connectivity index (χ1v) is 9.06. The molecule has 2 heterocycles. The summed E-state index contributed by atoms with van der Waals surface area (Å²) in [5, 5.41) is 5.21. The third-order valence-electron chi connectivity index (χ3n) is 5.67. The number of amides is 1. The van der Waals surface area contributed by atoms with Gasteiger partial charge in [-0.2, -0.15) is 0 Å². The highest BCUT2D eigenvalue weighted by atomic mass is 16.2. The molecule has 126 valence electrons. The molecule has 1 aliphatic heterocycles. The maximum Gasteiger partial charge on any atom is 0.228 e. The Morgan fingerprint density at radius 2 is 2.00 bits per heavy atom. The molecule has 4 unspecified atom stereocenters. The van der Waals surface area contributed by atoms with Crippen LogP contribution >= 0.6 is 0 Å². The van der Waals surface area contributed by atoms with Gasteiger partial charge in [-0.15, -0.1) is 0 Å². The van der Waals surface area contributed by atoms with Crippen LogP contribution in [0.5, 0.6) is 0 Å². The zero-order valence-electron chi connectivity index (χ0n) is 14.6. The summed E-state index contributed by atoms with van der Waals surface area (Å²) in [6.45, 7) is 6.68. The molecule has 0 bridgehead atoms. The number of aromatic nitrogens is 1. The first-order chi connectivity index (χ1) is 11.6. The minimum Gasteiger partial charge on any atom is -0.366 e. The zero-order valence-corrected chi connectivity index (χ0v) is 14.6. The number of nitrogens with zero attached hydrogens (tertiary/aromatic N) is 2. The van der Waals surface area contributed by atoms with Gasteiger partial charge in [-0.05, 0) is 56.2 Å². The van der Waals surface area contributed by atoms with E-state index in [-0.39, 0.29) is 11.8 Å². The lowest BCUT2D eigenvalue weighted by atomic mass is 9.94. The monoisotopic (exact) mass is 323 g/mol. The van der Waals surface area contributed by atoms with E-state index in [0.29, 0.717) is 23.8 Å². The predicted molar refractivity (Wildman–Crippen MR) is 98.3 cm³/mol. The molecule has 4 nitrogen and oxygen atoms in total. The minimum absolute atomic E-state index is 0.119. The van der Waals surface area contributed by atoms with Crippen molar-refractivity contribution < 1.29 is 4.79 Å².